The van der Waals surface area contributed by atoms with Gasteiger partial charge in [-0.25, -0.2) is 4.98 Å². The SMILES string of the molecule is CCC#CCCCOc1cccc(CNC(=O)c2ccc(F)nc2N)c1. The van der Waals surface area contributed by atoms with E-state index in [0.717, 1.165) is 36.6 Å². The van der Waals surface area contributed by atoms with Gasteiger partial charge in [0, 0.05) is 19.4 Å². The number of aromatic nitrogens is 1. The molecule has 2 rings (SSSR count). The lowest BCUT2D eigenvalue weighted by atomic mass is 10.2. The van der Waals surface area contributed by atoms with Gasteiger partial charge in [-0.3, -0.25) is 4.79 Å². The zero-order valence-electron chi connectivity index (χ0n) is 14.7. The molecule has 1 heterocycles. The monoisotopic (exact) mass is 355 g/mol. The molecule has 0 saturated heterocycles. The highest BCUT2D eigenvalue weighted by Gasteiger charge is 2.11. The Morgan fingerprint density at radius 2 is 2.15 bits per heavy atom. The van der Waals surface area contributed by atoms with E-state index in [9.17, 15) is 9.18 Å². The van der Waals surface area contributed by atoms with Gasteiger partial charge in [0.25, 0.3) is 5.91 Å². The van der Waals surface area contributed by atoms with Crippen LogP contribution in [0.5, 0.6) is 5.75 Å². The summed E-state index contributed by atoms with van der Waals surface area (Å²) >= 11 is 0. The zero-order valence-corrected chi connectivity index (χ0v) is 14.7. The van der Waals surface area contributed by atoms with Crippen LogP contribution in [0.25, 0.3) is 0 Å². The van der Waals surface area contributed by atoms with E-state index in [-0.39, 0.29) is 11.4 Å². The highest BCUT2D eigenvalue weighted by molar-refractivity contribution is 5.98. The molecule has 3 N–H and O–H groups in total. The standard InChI is InChI=1S/C20H22FN3O2/c1-2-3-4-5-6-12-26-16-9-7-8-15(13-16)14-23-20(25)17-10-11-18(21)24-19(17)22/h7-11,13H,2,5-6,12,14H2,1H3,(H2,22,24)(H,23,25). The fourth-order valence-corrected chi connectivity index (χ4v) is 2.23. The van der Waals surface area contributed by atoms with Gasteiger partial charge >= 0.3 is 0 Å². The van der Waals surface area contributed by atoms with Crippen LogP contribution in [0.2, 0.25) is 0 Å². The summed E-state index contributed by atoms with van der Waals surface area (Å²) in [5.41, 5.74) is 6.60. The van der Waals surface area contributed by atoms with Crippen molar-refractivity contribution >= 4 is 11.7 Å². The highest BCUT2D eigenvalue weighted by Crippen LogP contribution is 2.14. The van der Waals surface area contributed by atoms with Crippen LogP contribution in [0.1, 0.15) is 42.1 Å². The van der Waals surface area contributed by atoms with Gasteiger partial charge in [-0.05, 0) is 36.2 Å². The first-order chi connectivity index (χ1) is 12.6. The number of unbranched alkanes of at least 4 members (excludes halogenated alkanes) is 1. The molecule has 0 saturated carbocycles. The maximum absolute atomic E-state index is 13.0. The van der Waals surface area contributed by atoms with Crippen molar-refractivity contribution in [2.75, 3.05) is 12.3 Å². The van der Waals surface area contributed by atoms with Crippen molar-refractivity contribution in [2.24, 2.45) is 0 Å². The van der Waals surface area contributed by atoms with Gasteiger partial charge in [0.05, 0.1) is 12.2 Å². The Morgan fingerprint density at radius 3 is 2.92 bits per heavy atom. The second-order valence-electron chi connectivity index (χ2n) is 5.56. The van der Waals surface area contributed by atoms with Gasteiger partial charge in [0.1, 0.15) is 11.6 Å². The van der Waals surface area contributed by atoms with Gasteiger partial charge in [0.2, 0.25) is 5.95 Å². The van der Waals surface area contributed by atoms with Crippen molar-refractivity contribution in [3.8, 4) is 17.6 Å². The topological polar surface area (TPSA) is 77.2 Å². The minimum absolute atomic E-state index is 0.134. The van der Waals surface area contributed by atoms with E-state index in [4.69, 9.17) is 10.5 Å². The minimum atomic E-state index is -0.718. The van der Waals surface area contributed by atoms with E-state index in [1.54, 1.807) is 0 Å². The third-order valence-corrected chi connectivity index (χ3v) is 3.50. The maximum atomic E-state index is 13.0. The molecule has 0 bridgehead atoms. The number of ether oxygens (including phenoxy) is 1. The number of halogens is 1. The summed E-state index contributed by atoms with van der Waals surface area (Å²) in [6.45, 7) is 2.91. The number of rotatable bonds is 7. The van der Waals surface area contributed by atoms with Gasteiger partial charge in [-0.15, -0.1) is 11.8 Å². The minimum Gasteiger partial charge on any atom is -0.494 e. The zero-order chi connectivity index (χ0) is 18.8. The number of carbonyl (C=O) groups excluding carboxylic acids is 1. The molecular weight excluding hydrogens is 333 g/mol. The second kappa shape index (κ2) is 10.0. The second-order valence-corrected chi connectivity index (χ2v) is 5.56. The highest BCUT2D eigenvalue weighted by atomic mass is 19.1. The Kier molecular flexibility index (Phi) is 7.44. The van der Waals surface area contributed by atoms with Crippen LogP contribution in [-0.2, 0) is 6.54 Å². The Labute approximate surface area is 152 Å². The van der Waals surface area contributed by atoms with Crippen molar-refractivity contribution in [1.29, 1.82) is 0 Å². The lowest BCUT2D eigenvalue weighted by Crippen LogP contribution is -2.24. The van der Waals surface area contributed by atoms with Gasteiger partial charge in [-0.2, -0.15) is 4.39 Å². The molecule has 1 aromatic carbocycles. The summed E-state index contributed by atoms with van der Waals surface area (Å²) in [4.78, 5) is 15.6. The number of carbonyl (C=O) groups is 1. The van der Waals surface area contributed by atoms with E-state index in [2.05, 4.69) is 22.1 Å². The Morgan fingerprint density at radius 1 is 1.31 bits per heavy atom. The smallest absolute Gasteiger partial charge is 0.255 e. The molecule has 0 atom stereocenters. The summed E-state index contributed by atoms with van der Waals surface area (Å²) in [6.07, 6.45) is 2.55. The Bertz CT molecular complexity index is 812. The largest absolute Gasteiger partial charge is 0.494 e. The Balaban J connectivity index is 1.85. The molecular formula is C20H22FN3O2. The lowest BCUT2D eigenvalue weighted by molar-refractivity contribution is 0.0951. The first-order valence-electron chi connectivity index (χ1n) is 8.48. The predicted molar refractivity (Wildman–Crippen MR) is 99.0 cm³/mol. The van der Waals surface area contributed by atoms with Gasteiger partial charge in [0.15, 0.2) is 0 Å². The first kappa shape index (κ1) is 19.3. The number of hydrogen-bond donors (Lipinski definition) is 2. The normalized spacial score (nSPS) is 9.92. The summed E-state index contributed by atoms with van der Waals surface area (Å²) in [6, 6.07) is 9.89. The Hall–Kier alpha value is -3.07. The molecule has 0 spiro atoms. The molecule has 5 nitrogen and oxygen atoms in total. The number of amides is 1. The van der Waals surface area contributed by atoms with Crippen LogP contribution >= 0.6 is 0 Å². The van der Waals surface area contributed by atoms with Crippen molar-refractivity contribution in [1.82, 2.24) is 10.3 Å². The molecule has 6 heteroatoms. The van der Waals surface area contributed by atoms with Crippen LogP contribution in [0, 0.1) is 17.8 Å². The number of nitrogen functional groups attached to an aromatic ring is 1. The average molecular weight is 355 g/mol. The van der Waals surface area contributed by atoms with Gasteiger partial charge < -0.3 is 15.8 Å². The number of nitrogens with zero attached hydrogens (tertiary/aromatic N) is 1. The van der Waals surface area contributed by atoms with Crippen LogP contribution in [-0.4, -0.2) is 17.5 Å². The summed E-state index contributed by atoms with van der Waals surface area (Å²) in [7, 11) is 0. The van der Waals surface area contributed by atoms with Crippen LogP contribution < -0.4 is 15.8 Å². The number of pyridine rings is 1. The molecule has 2 aromatic rings. The number of benzene rings is 1. The molecule has 1 amide bonds. The third-order valence-electron chi connectivity index (χ3n) is 3.50. The third kappa shape index (κ3) is 6.10. The van der Waals surface area contributed by atoms with Crippen molar-refractivity contribution < 1.29 is 13.9 Å². The number of nitrogens with two attached hydrogens (primary N) is 1. The van der Waals surface area contributed by atoms with E-state index in [0.29, 0.717) is 13.2 Å². The summed E-state index contributed by atoms with van der Waals surface area (Å²) < 4.78 is 18.6. The summed E-state index contributed by atoms with van der Waals surface area (Å²) in [5.74, 6) is 5.58. The summed E-state index contributed by atoms with van der Waals surface area (Å²) in [5, 5.41) is 2.74. The van der Waals surface area contributed by atoms with Crippen molar-refractivity contribution in [3.05, 3.63) is 53.5 Å². The van der Waals surface area contributed by atoms with E-state index >= 15 is 0 Å². The predicted octanol–water partition coefficient (Wildman–Crippen LogP) is 3.31. The maximum Gasteiger partial charge on any atom is 0.255 e. The van der Waals surface area contributed by atoms with E-state index in [1.165, 1.54) is 6.07 Å². The molecule has 0 fully saturated rings. The lowest BCUT2D eigenvalue weighted by Gasteiger charge is -2.09. The number of hydrogen-bond acceptors (Lipinski definition) is 4. The van der Waals surface area contributed by atoms with Crippen LogP contribution in [0.4, 0.5) is 10.2 Å². The molecule has 1 aromatic heterocycles. The molecule has 0 aliphatic heterocycles. The van der Waals surface area contributed by atoms with E-state index < -0.39 is 11.9 Å². The van der Waals surface area contributed by atoms with Crippen molar-refractivity contribution in [2.45, 2.75) is 32.7 Å². The van der Waals surface area contributed by atoms with Crippen LogP contribution in [0.15, 0.2) is 36.4 Å². The number of nitrogens with one attached hydrogen (secondary N) is 1. The van der Waals surface area contributed by atoms with E-state index in [1.807, 2.05) is 31.2 Å². The molecule has 136 valence electrons. The van der Waals surface area contributed by atoms with Crippen molar-refractivity contribution in [3.63, 3.8) is 0 Å². The fourth-order valence-electron chi connectivity index (χ4n) is 2.23. The van der Waals surface area contributed by atoms with Crippen LogP contribution in [0.3, 0.4) is 0 Å². The molecule has 0 aliphatic rings. The number of anilines is 1. The molecule has 0 unspecified atom stereocenters. The fraction of sp³-hybridized carbons (Fsp3) is 0.300. The molecule has 0 aliphatic carbocycles. The van der Waals surface area contributed by atoms with Gasteiger partial charge in [-0.1, -0.05) is 19.1 Å². The average Bonchev–Trinajstić information content (AvgIpc) is 2.63. The molecule has 26 heavy (non-hydrogen) atoms. The quantitative estimate of drug-likeness (QED) is 0.454. The first-order valence-corrected chi connectivity index (χ1v) is 8.48. The molecule has 0 radical (unpaired) electrons.